The fourth-order valence-corrected chi connectivity index (χ4v) is 1.42. The molecule has 0 aliphatic carbocycles. The zero-order valence-corrected chi connectivity index (χ0v) is 9.06. The van der Waals surface area contributed by atoms with Gasteiger partial charge in [0.25, 0.3) is 0 Å². The van der Waals surface area contributed by atoms with Crippen LogP contribution in [0.3, 0.4) is 0 Å². The molecule has 0 aromatic carbocycles. The van der Waals surface area contributed by atoms with E-state index in [1.54, 1.807) is 11.8 Å². The molecule has 0 saturated heterocycles. The van der Waals surface area contributed by atoms with Crippen LogP contribution in [0.15, 0.2) is 11.1 Å². The Labute approximate surface area is 83.2 Å². The average molecular weight is 197 g/mol. The molecule has 1 aromatic rings. The molecule has 0 fully saturated rings. The third-order valence-corrected chi connectivity index (χ3v) is 2.38. The second-order valence-electron chi connectivity index (χ2n) is 3.11. The van der Waals surface area contributed by atoms with E-state index >= 15 is 0 Å². The Morgan fingerprint density at radius 1 is 1.46 bits per heavy atom. The first-order valence-electron chi connectivity index (χ1n) is 4.29. The maximum absolute atomic E-state index is 5.51. The molecule has 0 saturated carbocycles. The summed E-state index contributed by atoms with van der Waals surface area (Å²) in [5.74, 6) is 1.16. The monoisotopic (exact) mass is 197 g/mol. The quantitative estimate of drug-likeness (QED) is 0.593. The van der Waals surface area contributed by atoms with Gasteiger partial charge in [-0.05, 0) is 18.2 Å². The first kappa shape index (κ1) is 10.5. The van der Waals surface area contributed by atoms with Crippen LogP contribution in [-0.2, 0) is 6.54 Å². The van der Waals surface area contributed by atoms with Crippen molar-refractivity contribution in [3.63, 3.8) is 0 Å². The molecule has 0 aliphatic rings. The third kappa shape index (κ3) is 2.67. The molecule has 0 unspecified atom stereocenters. The number of rotatable bonds is 3. The summed E-state index contributed by atoms with van der Waals surface area (Å²) in [4.78, 5) is 8.63. The van der Waals surface area contributed by atoms with Gasteiger partial charge < -0.3 is 5.73 Å². The van der Waals surface area contributed by atoms with E-state index in [-0.39, 0.29) is 0 Å². The zero-order chi connectivity index (χ0) is 9.84. The van der Waals surface area contributed by atoms with Crippen LogP contribution in [0.1, 0.15) is 31.3 Å². The van der Waals surface area contributed by atoms with Crippen molar-refractivity contribution in [1.82, 2.24) is 9.97 Å². The molecule has 13 heavy (non-hydrogen) atoms. The standard InChI is InChI=1S/C9H15N3S/c1-6(2)7-4-9(13-3)12-8(5-10)11-7/h4,6H,5,10H2,1-3H3. The van der Waals surface area contributed by atoms with Crippen LogP contribution < -0.4 is 5.73 Å². The van der Waals surface area contributed by atoms with Crippen LogP contribution in [0.5, 0.6) is 0 Å². The van der Waals surface area contributed by atoms with E-state index in [9.17, 15) is 0 Å². The van der Waals surface area contributed by atoms with Crippen molar-refractivity contribution in [1.29, 1.82) is 0 Å². The normalized spacial score (nSPS) is 10.8. The van der Waals surface area contributed by atoms with E-state index in [0.717, 1.165) is 16.5 Å². The number of hydrogen-bond acceptors (Lipinski definition) is 4. The van der Waals surface area contributed by atoms with E-state index in [2.05, 4.69) is 23.8 Å². The van der Waals surface area contributed by atoms with Gasteiger partial charge in [-0.3, -0.25) is 0 Å². The number of thioether (sulfide) groups is 1. The Balaban J connectivity index is 3.07. The molecular weight excluding hydrogens is 182 g/mol. The van der Waals surface area contributed by atoms with Crippen LogP contribution in [0.4, 0.5) is 0 Å². The molecule has 4 heteroatoms. The van der Waals surface area contributed by atoms with Crippen molar-refractivity contribution in [2.45, 2.75) is 31.3 Å². The summed E-state index contributed by atoms with van der Waals surface area (Å²) in [6.45, 7) is 4.65. The highest BCUT2D eigenvalue weighted by atomic mass is 32.2. The molecule has 2 N–H and O–H groups in total. The lowest BCUT2D eigenvalue weighted by molar-refractivity contribution is 0.760. The van der Waals surface area contributed by atoms with Gasteiger partial charge in [0.1, 0.15) is 5.82 Å². The van der Waals surface area contributed by atoms with E-state index < -0.39 is 0 Å². The smallest absolute Gasteiger partial charge is 0.143 e. The lowest BCUT2D eigenvalue weighted by Crippen LogP contribution is -2.06. The maximum Gasteiger partial charge on any atom is 0.143 e. The molecule has 1 rings (SSSR count). The second-order valence-corrected chi connectivity index (χ2v) is 3.94. The number of aromatic nitrogens is 2. The summed E-state index contributed by atoms with van der Waals surface area (Å²) in [5, 5.41) is 0.999. The highest BCUT2D eigenvalue weighted by Crippen LogP contribution is 2.18. The van der Waals surface area contributed by atoms with Crippen LogP contribution in [0, 0.1) is 0 Å². The van der Waals surface area contributed by atoms with Crippen molar-refractivity contribution in [3.8, 4) is 0 Å². The summed E-state index contributed by atoms with van der Waals surface area (Å²) in [5.41, 5.74) is 6.58. The second kappa shape index (κ2) is 4.58. The lowest BCUT2D eigenvalue weighted by Gasteiger charge is -2.07. The van der Waals surface area contributed by atoms with Crippen molar-refractivity contribution in [2.24, 2.45) is 5.73 Å². The molecule has 0 spiro atoms. The van der Waals surface area contributed by atoms with Gasteiger partial charge >= 0.3 is 0 Å². The predicted octanol–water partition coefficient (Wildman–Crippen LogP) is 1.78. The Hall–Kier alpha value is -0.610. The summed E-state index contributed by atoms with van der Waals surface area (Å²) >= 11 is 1.62. The third-order valence-electron chi connectivity index (χ3n) is 1.75. The van der Waals surface area contributed by atoms with Crippen molar-refractivity contribution in [3.05, 3.63) is 17.6 Å². The number of nitrogens with two attached hydrogens (primary N) is 1. The molecule has 0 radical (unpaired) electrons. The van der Waals surface area contributed by atoms with E-state index in [1.807, 2.05) is 12.3 Å². The lowest BCUT2D eigenvalue weighted by atomic mass is 10.1. The van der Waals surface area contributed by atoms with E-state index in [1.165, 1.54) is 0 Å². The fourth-order valence-electron chi connectivity index (χ4n) is 0.984. The molecule has 1 aromatic heterocycles. The number of nitrogens with zero attached hydrogens (tertiary/aromatic N) is 2. The van der Waals surface area contributed by atoms with Gasteiger partial charge in [-0.1, -0.05) is 13.8 Å². The maximum atomic E-state index is 5.51. The highest BCUT2D eigenvalue weighted by Gasteiger charge is 2.05. The summed E-state index contributed by atoms with van der Waals surface area (Å²) in [7, 11) is 0. The molecular formula is C9H15N3S. The Kier molecular flexibility index (Phi) is 3.69. The summed E-state index contributed by atoms with van der Waals surface area (Å²) in [6, 6.07) is 2.02. The summed E-state index contributed by atoms with van der Waals surface area (Å²) in [6.07, 6.45) is 2.01. The zero-order valence-electron chi connectivity index (χ0n) is 8.24. The van der Waals surface area contributed by atoms with Crippen molar-refractivity contribution < 1.29 is 0 Å². The molecule has 0 amide bonds. The SMILES string of the molecule is CSc1cc(C(C)C)nc(CN)n1. The molecule has 0 atom stereocenters. The van der Waals surface area contributed by atoms with E-state index in [0.29, 0.717) is 12.5 Å². The summed E-state index contributed by atoms with van der Waals surface area (Å²) < 4.78 is 0. The van der Waals surface area contributed by atoms with Gasteiger partial charge in [-0.2, -0.15) is 0 Å². The van der Waals surface area contributed by atoms with Gasteiger partial charge in [0.05, 0.1) is 11.6 Å². The topological polar surface area (TPSA) is 51.8 Å². The van der Waals surface area contributed by atoms with E-state index in [4.69, 9.17) is 5.73 Å². The van der Waals surface area contributed by atoms with Crippen molar-refractivity contribution >= 4 is 11.8 Å². The van der Waals surface area contributed by atoms with Crippen LogP contribution in [-0.4, -0.2) is 16.2 Å². The molecule has 3 nitrogen and oxygen atoms in total. The minimum absolute atomic E-state index is 0.411. The highest BCUT2D eigenvalue weighted by molar-refractivity contribution is 7.98. The molecule has 0 aliphatic heterocycles. The van der Waals surface area contributed by atoms with Gasteiger partial charge in [0, 0.05) is 5.69 Å². The Bertz CT molecular complexity index is 264. The Morgan fingerprint density at radius 2 is 2.15 bits per heavy atom. The molecule has 72 valence electrons. The minimum atomic E-state index is 0.411. The first-order chi connectivity index (χ1) is 6.17. The first-order valence-corrected chi connectivity index (χ1v) is 5.51. The molecule has 1 heterocycles. The minimum Gasteiger partial charge on any atom is -0.324 e. The van der Waals surface area contributed by atoms with Gasteiger partial charge in [0.15, 0.2) is 0 Å². The van der Waals surface area contributed by atoms with Gasteiger partial charge in [-0.15, -0.1) is 11.8 Å². The van der Waals surface area contributed by atoms with Gasteiger partial charge in [-0.25, -0.2) is 9.97 Å². The largest absolute Gasteiger partial charge is 0.324 e. The number of hydrogen-bond donors (Lipinski definition) is 1. The van der Waals surface area contributed by atoms with Crippen LogP contribution in [0.25, 0.3) is 0 Å². The van der Waals surface area contributed by atoms with Gasteiger partial charge in [0.2, 0.25) is 0 Å². The van der Waals surface area contributed by atoms with Crippen LogP contribution in [0.2, 0.25) is 0 Å². The predicted molar refractivity (Wildman–Crippen MR) is 55.8 cm³/mol. The molecule has 0 bridgehead atoms. The van der Waals surface area contributed by atoms with Crippen LogP contribution >= 0.6 is 11.8 Å². The fraction of sp³-hybridized carbons (Fsp3) is 0.556. The Morgan fingerprint density at radius 3 is 2.62 bits per heavy atom. The van der Waals surface area contributed by atoms with Crippen molar-refractivity contribution in [2.75, 3.05) is 6.26 Å². The average Bonchev–Trinajstić information content (AvgIpc) is 2.16.